The lowest BCUT2D eigenvalue weighted by Crippen LogP contribution is -2.38. The van der Waals surface area contributed by atoms with Crippen LogP contribution < -0.4 is 4.72 Å². The lowest BCUT2D eigenvalue weighted by molar-refractivity contribution is 0.557. The quantitative estimate of drug-likeness (QED) is 0.915. The third kappa shape index (κ3) is 2.44. The first-order valence-corrected chi connectivity index (χ1v) is 7.89. The highest BCUT2D eigenvalue weighted by Gasteiger charge is 2.38. The molecule has 2 aromatic rings. The molecule has 2 heterocycles. The zero-order valence-corrected chi connectivity index (χ0v) is 12.1. The van der Waals surface area contributed by atoms with Crippen molar-refractivity contribution in [1.29, 1.82) is 0 Å². The molecule has 0 aromatic carbocycles. The maximum atomic E-state index is 13.4. The molecule has 1 atom stereocenters. The molecule has 0 radical (unpaired) electrons. The van der Waals surface area contributed by atoms with E-state index in [1.165, 1.54) is 19.1 Å². The number of allylic oxidation sites excluding steroid dienone is 3. The summed E-state index contributed by atoms with van der Waals surface area (Å²) in [6.45, 7) is 1.49. The smallest absolute Gasteiger partial charge is 0.243 e. The predicted octanol–water partition coefficient (Wildman–Crippen LogP) is 2.88. The monoisotopic (exact) mass is 307 g/mol. The first kappa shape index (κ1) is 13.8. The van der Waals surface area contributed by atoms with Crippen LogP contribution in [0.15, 0.2) is 48.5 Å². The van der Waals surface area contributed by atoms with Crippen molar-refractivity contribution in [2.75, 3.05) is 4.72 Å². The van der Waals surface area contributed by atoms with Gasteiger partial charge in [0.05, 0.1) is 0 Å². The fourth-order valence-corrected chi connectivity index (χ4v) is 3.48. The van der Waals surface area contributed by atoms with Gasteiger partial charge in [0.15, 0.2) is 0 Å². The van der Waals surface area contributed by atoms with Gasteiger partial charge >= 0.3 is 0 Å². The van der Waals surface area contributed by atoms with Gasteiger partial charge in [0, 0.05) is 11.6 Å². The van der Waals surface area contributed by atoms with E-state index in [-0.39, 0.29) is 6.42 Å². The fourth-order valence-electron chi connectivity index (χ4n) is 2.27. The minimum atomic E-state index is -3.79. The molecule has 1 aliphatic carbocycles. The first-order chi connectivity index (χ1) is 9.90. The Hall–Kier alpha value is -2.15. The molecule has 1 unspecified atom stereocenters. The van der Waals surface area contributed by atoms with Crippen molar-refractivity contribution in [1.82, 2.24) is 9.97 Å². The third-order valence-electron chi connectivity index (χ3n) is 3.49. The van der Waals surface area contributed by atoms with E-state index in [2.05, 4.69) is 14.7 Å². The second kappa shape index (κ2) is 4.70. The summed E-state index contributed by atoms with van der Waals surface area (Å²) in [5.74, 6) is -0.235. The maximum Gasteiger partial charge on any atom is 0.243 e. The average Bonchev–Trinajstić information content (AvgIpc) is 2.79. The Labute approximate surface area is 121 Å². The summed E-state index contributed by atoms with van der Waals surface area (Å²) in [7, 11) is -3.79. The number of rotatable bonds is 3. The van der Waals surface area contributed by atoms with E-state index in [4.69, 9.17) is 0 Å². The molecule has 0 amide bonds. The van der Waals surface area contributed by atoms with Crippen molar-refractivity contribution >= 4 is 26.9 Å². The predicted molar refractivity (Wildman–Crippen MR) is 80.0 cm³/mol. The molecule has 2 N–H and O–H groups in total. The number of aromatic amines is 1. The van der Waals surface area contributed by atoms with Gasteiger partial charge in [0.2, 0.25) is 10.0 Å². The van der Waals surface area contributed by atoms with Gasteiger partial charge in [0.1, 0.15) is 22.0 Å². The summed E-state index contributed by atoms with van der Waals surface area (Å²) in [6.07, 6.45) is 5.73. The molecule has 110 valence electrons. The van der Waals surface area contributed by atoms with Gasteiger partial charge < -0.3 is 4.98 Å². The number of fused-ring (bicyclic) bond motifs is 1. The first-order valence-electron chi connectivity index (χ1n) is 6.41. The van der Waals surface area contributed by atoms with E-state index in [1.807, 2.05) is 6.07 Å². The molecule has 5 nitrogen and oxygen atoms in total. The van der Waals surface area contributed by atoms with Gasteiger partial charge in [0.25, 0.3) is 0 Å². The summed E-state index contributed by atoms with van der Waals surface area (Å²) < 4.78 is 39.5. The van der Waals surface area contributed by atoms with Gasteiger partial charge in [-0.1, -0.05) is 6.08 Å². The number of hydrogen-bond donors (Lipinski definition) is 2. The van der Waals surface area contributed by atoms with E-state index in [9.17, 15) is 12.8 Å². The van der Waals surface area contributed by atoms with Gasteiger partial charge in [-0.25, -0.2) is 17.8 Å². The highest BCUT2D eigenvalue weighted by molar-refractivity contribution is 7.94. The third-order valence-corrected chi connectivity index (χ3v) is 5.49. The second-order valence-corrected chi connectivity index (χ2v) is 7.32. The molecule has 21 heavy (non-hydrogen) atoms. The molecule has 0 aliphatic heterocycles. The molecule has 1 aliphatic rings. The van der Waals surface area contributed by atoms with Crippen LogP contribution in [0.5, 0.6) is 0 Å². The standard InChI is InChI=1S/C14H14FN3O2S/c1-14(6-2-5-11(15)9-14)21(19,20)18-12-8-10-4-3-7-16-13(10)17-12/h2-5,7-9,18H,6H2,1H3,(H,16,17). The Balaban J connectivity index is 1.94. The van der Waals surface area contributed by atoms with Crippen LogP contribution in [0, 0.1) is 0 Å². The van der Waals surface area contributed by atoms with Crippen LogP contribution in [-0.2, 0) is 10.0 Å². The van der Waals surface area contributed by atoms with Crippen molar-refractivity contribution in [2.45, 2.75) is 18.1 Å². The molecule has 2 aromatic heterocycles. The number of anilines is 1. The number of nitrogens with zero attached hydrogens (tertiary/aromatic N) is 1. The van der Waals surface area contributed by atoms with Crippen LogP contribution >= 0.6 is 0 Å². The lowest BCUT2D eigenvalue weighted by Gasteiger charge is -2.26. The highest BCUT2D eigenvalue weighted by atomic mass is 32.2. The summed E-state index contributed by atoms with van der Waals surface area (Å²) in [5, 5.41) is 0.797. The number of aromatic nitrogens is 2. The van der Waals surface area contributed by atoms with Crippen LogP contribution in [0.1, 0.15) is 13.3 Å². The average molecular weight is 307 g/mol. The topological polar surface area (TPSA) is 74.8 Å². The van der Waals surface area contributed by atoms with Gasteiger partial charge in [-0.2, -0.15) is 0 Å². The van der Waals surface area contributed by atoms with Crippen molar-refractivity contribution in [3.8, 4) is 0 Å². The molecule has 3 rings (SSSR count). The van der Waals surface area contributed by atoms with Crippen LogP contribution in [-0.4, -0.2) is 23.1 Å². The van der Waals surface area contributed by atoms with Gasteiger partial charge in [-0.3, -0.25) is 4.72 Å². The minimum absolute atomic E-state index is 0.216. The normalized spacial score (nSPS) is 22.3. The largest absolute Gasteiger partial charge is 0.325 e. The van der Waals surface area contributed by atoms with Crippen LogP contribution in [0.25, 0.3) is 11.0 Å². The van der Waals surface area contributed by atoms with Crippen molar-refractivity contribution in [2.24, 2.45) is 0 Å². The van der Waals surface area contributed by atoms with Crippen molar-refractivity contribution in [3.63, 3.8) is 0 Å². The van der Waals surface area contributed by atoms with Crippen molar-refractivity contribution < 1.29 is 12.8 Å². The summed E-state index contributed by atoms with van der Waals surface area (Å²) >= 11 is 0. The van der Waals surface area contributed by atoms with Crippen LogP contribution in [0.3, 0.4) is 0 Å². The van der Waals surface area contributed by atoms with Crippen LogP contribution in [0.2, 0.25) is 0 Å². The fraction of sp³-hybridized carbons (Fsp3) is 0.214. The maximum absolute atomic E-state index is 13.4. The van der Waals surface area contributed by atoms with Crippen molar-refractivity contribution in [3.05, 3.63) is 48.5 Å². The number of pyridine rings is 1. The molecule has 0 saturated heterocycles. The Kier molecular flexibility index (Phi) is 3.09. The molecule has 0 fully saturated rings. The number of sulfonamides is 1. The lowest BCUT2D eigenvalue weighted by atomic mass is 10.0. The Morgan fingerprint density at radius 1 is 1.48 bits per heavy atom. The van der Waals surface area contributed by atoms with E-state index in [0.29, 0.717) is 11.5 Å². The number of nitrogens with one attached hydrogen (secondary N) is 2. The minimum Gasteiger partial charge on any atom is -0.325 e. The number of H-pyrrole nitrogens is 1. The van der Waals surface area contributed by atoms with Gasteiger partial charge in [-0.15, -0.1) is 0 Å². The summed E-state index contributed by atoms with van der Waals surface area (Å²) in [6, 6.07) is 5.24. The zero-order chi connectivity index (χ0) is 15.1. The molecule has 0 bridgehead atoms. The molecule has 7 heteroatoms. The SMILES string of the molecule is CC1(S(=O)(=O)Nc2cc3cccnc3[nH]2)C=C(F)C=CC1. The summed E-state index contributed by atoms with van der Waals surface area (Å²) in [5.41, 5.74) is 0.589. The molecular formula is C14H14FN3O2S. The Morgan fingerprint density at radius 3 is 3.00 bits per heavy atom. The van der Waals surface area contributed by atoms with E-state index in [0.717, 1.165) is 11.5 Å². The number of halogens is 1. The van der Waals surface area contributed by atoms with E-state index < -0.39 is 20.6 Å². The molecule has 0 saturated carbocycles. The van der Waals surface area contributed by atoms with E-state index >= 15 is 0 Å². The van der Waals surface area contributed by atoms with Crippen LogP contribution in [0.4, 0.5) is 10.2 Å². The Morgan fingerprint density at radius 2 is 2.29 bits per heavy atom. The highest BCUT2D eigenvalue weighted by Crippen LogP contribution is 2.31. The summed E-state index contributed by atoms with van der Waals surface area (Å²) in [4.78, 5) is 6.99. The zero-order valence-electron chi connectivity index (χ0n) is 11.3. The van der Waals surface area contributed by atoms with Gasteiger partial charge in [-0.05, 0) is 43.7 Å². The molecule has 0 spiro atoms. The molecular weight excluding hydrogens is 293 g/mol. The second-order valence-electron chi connectivity index (χ2n) is 5.18. The number of hydrogen-bond acceptors (Lipinski definition) is 3. The van der Waals surface area contributed by atoms with E-state index in [1.54, 1.807) is 18.3 Å². The Bertz CT molecular complexity index is 821.